The van der Waals surface area contributed by atoms with Crippen LogP contribution < -0.4 is 5.73 Å². The van der Waals surface area contributed by atoms with Gasteiger partial charge < -0.3 is 15.3 Å². The average molecular weight is 289 g/mol. The summed E-state index contributed by atoms with van der Waals surface area (Å²) in [6.07, 6.45) is 1.69. The lowest BCUT2D eigenvalue weighted by Gasteiger charge is -2.28. The molecular formula is C17H23NO3. The van der Waals surface area contributed by atoms with Crippen LogP contribution in [0.15, 0.2) is 30.3 Å². The van der Waals surface area contributed by atoms with Crippen molar-refractivity contribution in [3.8, 4) is 0 Å². The fourth-order valence-electron chi connectivity index (χ4n) is 2.94. The second kappa shape index (κ2) is 5.60. The van der Waals surface area contributed by atoms with Gasteiger partial charge in [0.15, 0.2) is 0 Å². The Hall–Kier alpha value is -1.68. The first kappa shape index (κ1) is 15.7. The van der Waals surface area contributed by atoms with E-state index in [-0.39, 0.29) is 11.8 Å². The molecule has 4 nitrogen and oxygen atoms in total. The van der Waals surface area contributed by atoms with E-state index in [0.29, 0.717) is 12.8 Å². The van der Waals surface area contributed by atoms with Gasteiger partial charge in [-0.2, -0.15) is 0 Å². The van der Waals surface area contributed by atoms with Crippen LogP contribution in [0.4, 0.5) is 0 Å². The molecule has 0 aliphatic heterocycles. The Labute approximate surface area is 125 Å². The zero-order valence-corrected chi connectivity index (χ0v) is 12.8. The maximum Gasteiger partial charge on any atom is 0.326 e. The van der Waals surface area contributed by atoms with E-state index in [0.717, 1.165) is 11.8 Å². The molecule has 3 unspecified atom stereocenters. The van der Waals surface area contributed by atoms with E-state index in [4.69, 9.17) is 10.5 Å². The smallest absolute Gasteiger partial charge is 0.326 e. The first-order valence-corrected chi connectivity index (χ1v) is 7.28. The highest BCUT2D eigenvalue weighted by atomic mass is 16.6. The summed E-state index contributed by atoms with van der Waals surface area (Å²) in [6, 6.07) is 9.74. The Balaban J connectivity index is 2.21. The maximum atomic E-state index is 12.4. The molecule has 1 aromatic rings. The summed E-state index contributed by atoms with van der Waals surface area (Å²) in [7, 11) is 0. The lowest BCUT2D eigenvalue weighted by molar-refractivity contribution is -0.161. The molecule has 21 heavy (non-hydrogen) atoms. The molecule has 1 aliphatic rings. The van der Waals surface area contributed by atoms with Crippen LogP contribution in [0.5, 0.6) is 0 Å². The molecule has 2 N–H and O–H groups in total. The zero-order chi connectivity index (χ0) is 15.7. The Morgan fingerprint density at radius 3 is 2.43 bits per heavy atom. The van der Waals surface area contributed by atoms with Crippen LogP contribution in [-0.4, -0.2) is 23.4 Å². The highest BCUT2D eigenvalue weighted by molar-refractivity contribution is 5.83. The molecular weight excluding hydrogens is 266 g/mol. The van der Waals surface area contributed by atoms with Gasteiger partial charge in [-0.05, 0) is 45.1 Å². The van der Waals surface area contributed by atoms with Gasteiger partial charge in [0, 0.05) is 5.92 Å². The van der Waals surface area contributed by atoms with Gasteiger partial charge in [-0.25, -0.2) is 0 Å². The van der Waals surface area contributed by atoms with Crippen molar-refractivity contribution in [1.82, 2.24) is 0 Å². The van der Waals surface area contributed by atoms with E-state index in [1.54, 1.807) is 0 Å². The molecule has 0 bridgehead atoms. The normalized spacial score (nSPS) is 29.1. The van der Waals surface area contributed by atoms with E-state index >= 15 is 0 Å². The molecule has 1 aromatic carbocycles. The van der Waals surface area contributed by atoms with Gasteiger partial charge in [0.05, 0.1) is 0 Å². The standard InChI is InChI=1S/C17H23NO3/c1-16(2,3)21-15(20)17(18)9-13(11-19)14(10-17)12-7-5-4-6-8-12/h4-8,11,13-14H,9-10,18H2,1-3H3. The molecule has 0 spiro atoms. The third-order valence-corrected chi connectivity index (χ3v) is 3.91. The number of carbonyl (C=O) groups excluding carboxylic acids is 2. The quantitative estimate of drug-likeness (QED) is 0.685. The summed E-state index contributed by atoms with van der Waals surface area (Å²) in [4.78, 5) is 23.7. The molecule has 114 valence electrons. The van der Waals surface area contributed by atoms with Gasteiger partial charge in [-0.1, -0.05) is 30.3 Å². The van der Waals surface area contributed by atoms with Crippen molar-refractivity contribution in [3.63, 3.8) is 0 Å². The summed E-state index contributed by atoms with van der Waals surface area (Å²) in [5.41, 5.74) is 5.65. The minimum absolute atomic E-state index is 0.0266. The SMILES string of the molecule is CC(C)(C)OC(=O)C1(N)CC(C=O)C(c2ccccc2)C1. The van der Waals surface area contributed by atoms with Crippen LogP contribution in [0.1, 0.15) is 45.1 Å². The number of carbonyl (C=O) groups is 2. The van der Waals surface area contributed by atoms with E-state index < -0.39 is 17.1 Å². The number of nitrogens with two attached hydrogens (primary N) is 1. The van der Waals surface area contributed by atoms with Crippen molar-refractivity contribution in [2.45, 2.75) is 50.7 Å². The lowest BCUT2D eigenvalue weighted by Crippen LogP contribution is -2.49. The van der Waals surface area contributed by atoms with Crippen molar-refractivity contribution in [2.75, 3.05) is 0 Å². The number of ether oxygens (including phenoxy) is 1. The van der Waals surface area contributed by atoms with Gasteiger partial charge in [-0.3, -0.25) is 4.79 Å². The molecule has 0 amide bonds. The van der Waals surface area contributed by atoms with Crippen LogP contribution in [-0.2, 0) is 14.3 Å². The molecule has 0 heterocycles. The maximum absolute atomic E-state index is 12.4. The largest absolute Gasteiger partial charge is 0.459 e. The minimum Gasteiger partial charge on any atom is -0.459 e. The van der Waals surface area contributed by atoms with Crippen LogP contribution in [0.3, 0.4) is 0 Å². The number of esters is 1. The predicted octanol–water partition coefficient (Wildman–Crippen LogP) is 2.42. The number of rotatable bonds is 3. The molecule has 0 saturated heterocycles. The third kappa shape index (κ3) is 3.50. The fraction of sp³-hybridized carbons (Fsp3) is 0.529. The van der Waals surface area contributed by atoms with Gasteiger partial charge in [0.2, 0.25) is 0 Å². The molecule has 1 fully saturated rings. The van der Waals surface area contributed by atoms with Gasteiger partial charge in [0.1, 0.15) is 17.4 Å². The number of hydrogen-bond donors (Lipinski definition) is 1. The first-order valence-electron chi connectivity index (χ1n) is 7.28. The Bertz CT molecular complexity index is 521. The molecule has 1 saturated carbocycles. The van der Waals surface area contributed by atoms with Crippen LogP contribution in [0.25, 0.3) is 0 Å². The van der Waals surface area contributed by atoms with Crippen molar-refractivity contribution < 1.29 is 14.3 Å². The van der Waals surface area contributed by atoms with Crippen molar-refractivity contribution >= 4 is 12.3 Å². The first-order chi connectivity index (χ1) is 9.75. The van der Waals surface area contributed by atoms with Gasteiger partial charge >= 0.3 is 5.97 Å². The fourth-order valence-corrected chi connectivity index (χ4v) is 2.94. The summed E-state index contributed by atoms with van der Waals surface area (Å²) >= 11 is 0. The van der Waals surface area contributed by atoms with Crippen LogP contribution in [0.2, 0.25) is 0 Å². The summed E-state index contributed by atoms with van der Waals surface area (Å²) in [5.74, 6) is -0.689. The summed E-state index contributed by atoms with van der Waals surface area (Å²) in [6.45, 7) is 5.44. The lowest BCUT2D eigenvalue weighted by atomic mass is 9.89. The monoisotopic (exact) mass is 289 g/mol. The zero-order valence-electron chi connectivity index (χ0n) is 12.8. The van der Waals surface area contributed by atoms with E-state index in [2.05, 4.69) is 0 Å². The molecule has 3 atom stereocenters. The highest BCUT2D eigenvalue weighted by Gasteiger charge is 2.49. The van der Waals surface area contributed by atoms with Crippen LogP contribution in [0, 0.1) is 5.92 Å². The van der Waals surface area contributed by atoms with Gasteiger partial charge in [0.25, 0.3) is 0 Å². The number of benzene rings is 1. The van der Waals surface area contributed by atoms with Crippen LogP contribution >= 0.6 is 0 Å². The molecule has 2 rings (SSSR count). The van der Waals surface area contributed by atoms with Gasteiger partial charge in [-0.15, -0.1) is 0 Å². The van der Waals surface area contributed by atoms with E-state index in [1.807, 2.05) is 51.1 Å². The van der Waals surface area contributed by atoms with Crippen molar-refractivity contribution in [3.05, 3.63) is 35.9 Å². The van der Waals surface area contributed by atoms with E-state index in [9.17, 15) is 9.59 Å². The molecule has 0 radical (unpaired) electrons. The number of aldehydes is 1. The van der Waals surface area contributed by atoms with Crippen molar-refractivity contribution in [2.24, 2.45) is 11.7 Å². The third-order valence-electron chi connectivity index (χ3n) is 3.91. The highest BCUT2D eigenvalue weighted by Crippen LogP contribution is 2.44. The Morgan fingerprint density at radius 1 is 1.29 bits per heavy atom. The van der Waals surface area contributed by atoms with E-state index in [1.165, 1.54) is 0 Å². The molecule has 0 aromatic heterocycles. The predicted molar refractivity (Wildman–Crippen MR) is 80.7 cm³/mol. The second-order valence-electron chi connectivity index (χ2n) is 6.88. The topological polar surface area (TPSA) is 69.4 Å². The van der Waals surface area contributed by atoms with Crippen molar-refractivity contribution in [1.29, 1.82) is 0 Å². The summed E-state index contributed by atoms with van der Waals surface area (Å²) in [5, 5.41) is 0. The minimum atomic E-state index is -1.08. The Kier molecular flexibility index (Phi) is 4.19. The Morgan fingerprint density at radius 2 is 1.90 bits per heavy atom. The average Bonchev–Trinajstić information content (AvgIpc) is 2.77. The molecule has 4 heteroatoms. The molecule has 1 aliphatic carbocycles. The second-order valence-corrected chi connectivity index (χ2v) is 6.88. The number of hydrogen-bond acceptors (Lipinski definition) is 4. The summed E-state index contributed by atoms with van der Waals surface area (Å²) < 4.78 is 5.42.